The molecule has 0 saturated carbocycles. The number of aromatic nitrogens is 3. The zero-order valence-electron chi connectivity index (χ0n) is 29.0. The SMILES string of the molecule is CCCCCCCC[P+](CCCCCCCC)(CCCCCCCC)CCCCCCCC.c1ccc2n[nH]nc2c1. The highest BCUT2D eigenvalue weighted by Gasteiger charge is 2.34. The van der Waals surface area contributed by atoms with Crippen LogP contribution in [0.1, 0.15) is 182 Å². The van der Waals surface area contributed by atoms with E-state index in [2.05, 4.69) is 43.1 Å². The second-order valence-electron chi connectivity index (χ2n) is 13.1. The Hall–Kier alpha value is -0.950. The van der Waals surface area contributed by atoms with Gasteiger partial charge in [0, 0.05) is 7.26 Å². The topological polar surface area (TPSA) is 41.6 Å². The van der Waals surface area contributed by atoms with Gasteiger partial charge in [0.1, 0.15) is 11.0 Å². The lowest BCUT2D eigenvalue weighted by Gasteiger charge is -2.28. The minimum atomic E-state index is -0.718. The Morgan fingerprint density at radius 1 is 0.405 bits per heavy atom. The zero-order valence-corrected chi connectivity index (χ0v) is 29.8. The molecule has 1 aromatic carbocycles. The zero-order chi connectivity index (χ0) is 30.4. The second-order valence-corrected chi connectivity index (χ2v) is 17.6. The highest BCUT2D eigenvalue weighted by Crippen LogP contribution is 2.61. The maximum absolute atomic E-state index is 3.88. The Morgan fingerprint density at radius 3 is 0.952 bits per heavy atom. The Morgan fingerprint density at radius 2 is 0.667 bits per heavy atom. The van der Waals surface area contributed by atoms with E-state index in [9.17, 15) is 0 Å². The van der Waals surface area contributed by atoms with E-state index in [0.717, 1.165) is 11.0 Å². The quantitative estimate of drug-likeness (QED) is 0.0777. The molecule has 0 unspecified atom stereocenters. The van der Waals surface area contributed by atoms with Crippen LogP contribution in [0, 0.1) is 0 Å². The van der Waals surface area contributed by atoms with Gasteiger partial charge in [-0.3, -0.25) is 0 Å². The maximum Gasteiger partial charge on any atom is 0.112 e. The van der Waals surface area contributed by atoms with E-state index in [4.69, 9.17) is 0 Å². The summed E-state index contributed by atoms with van der Waals surface area (Å²) in [6, 6.07) is 7.70. The van der Waals surface area contributed by atoms with Crippen LogP contribution in [-0.4, -0.2) is 40.1 Å². The maximum atomic E-state index is 3.88. The van der Waals surface area contributed by atoms with Crippen molar-refractivity contribution in [1.82, 2.24) is 15.4 Å². The Kier molecular flexibility index (Phi) is 26.8. The summed E-state index contributed by atoms with van der Waals surface area (Å²) in [6.45, 7) is 9.38. The summed E-state index contributed by atoms with van der Waals surface area (Å²) in [5.74, 6) is 0. The molecule has 0 radical (unpaired) electrons. The Labute approximate surface area is 263 Å². The third kappa shape index (κ3) is 20.9. The van der Waals surface area contributed by atoms with Crippen molar-refractivity contribution in [2.24, 2.45) is 0 Å². The molecule has 1 heterocycles. The molecule has 0 atom stereocenters. The summed E-state index contributed by atoms with van der Waals surface area (Å²) in [5, 5.41) is 10.3. The number of fused-ring (bicyclic) bond motifs is 1. The van der Waals surface area contributed by atoms with Crippen molar-refractivity contribution in [2.75, 3.05) is 24.6 Å². The minimum Gasteiger partial charge on any atom is -0.197 e. The first-order valence-electron chi connectivity index (χ1n) is 18.8. The molecular weight excluding hydrogens is 529 g/mol. The number of nitrogens with one attached hydrogen (secondary N) is 1. The highest BCUT2D eigenvalue weighted by molar-refractivity contribution is 7.75. The van der Waals surface area contributed by atoms with E-state index in [-0.39, 0.29) is 0 Å². The molecule has 3 nitrogen and oxygen atoms in total. The molecule has 2 rings (SSSR count). The minimum absolute atomic E-state index is 0.718. The van der Waals surface area contributed by atoms with Crippen molar-refractivity contribution in [3.63, 3.8) is 0 Å². The fraction of sp³-hybridized carbons (Fsp3) is 0.842. The van der Waals surface area contributed by atoms with Crippen molar-refractivity contribution in [1.29, 1.82) is 0 Å². The van der Waals surface area contributed by atoms with Crippen LogP contribution in [0.3, 0.4) is 0 Å². The molecule has 0 aliphatic rings. The number of hydrogen-bond donors (Lipinski definition) is 1. The lowest BCUT2D eigenvalue weighted by atomic mass is 10.1. The van der Waals surface area contributed by atoms with Crippen molar-refractivity contribution in [3.8, 4) is 0 Å². The van der Waals surface area contributed by atoms with Gasteiger partial charge in [0.2, 0.25) is 0 Å². The van der Waals surface area contributed by atoms with Crippen LogP contribution >= 0.6 is 7.26 Å². The molecule has 0 bridgehead atoms. The fourth-order valence-electron chi connectivity index (χ4n) is 6.37. The van der Waals surface area contributed by atoms with E-state index in [1.807, 2.05) is 24.3 Å². The Bertz CT molecular complexity index is 705. The molecule has 0 amide bonds. The number of nitrogens with zero attached hydrogens (tertiary/aromatic N) is 2. The van der Waals surface area contributed by atoms with E-state index in [1.165, 1.54) is 128 Å². The number of rotatable bonds is 28. The van der Waals surface area contributed by atoms with Crippen LogP contribution in [0.15, 0.2) is 24.3 Å². The third-order valence-corrected chi connectivity index (χ3v) is 14.2. The lowest BCUT2D eigenvalue weighted by molar-refractivity contribution is 0.610. The van der Waals surface area contributed by atoms with Gasteiger partial charge in [-0.15, -0.1) is 0 Å². The monoisotopic (exact) mass is 603 g/mol. The molecule has 0 aliphatic carbocycles. The van der Waals surface area contributed by atoms with Crippen LogP contribution < -0.4 is 0 Å². The third-order valence-electron chi connectivity index (χ3n) is 9.17. The predicted octanol–water partition coefficient (Wildman–Crippen LogP) is 13.4. The van der Waals surface area contributed by atoms with Gasteiger partial charge in [0.05, 0.1) is 24.6 Å². The van der Waals surface area contributed by atoms with Gasteiger partial charge in [-0.1, -0.05) is 143 Å². The number of H-pyrrole nitrogens is 1. The van der Waals surface area contributed by atoms with Crippen LogP contribution in [0.2, 0.25) is 0 Å². The number of hydrogen-bond acceptors (Lipinski definition) is 2. The van der Waals surface area contributed by atoms with Gasteiger partial charge in [0.15, 0.2) is 0 Å². The molecule has 244 valence electrons. The summed E-state index contributed by atoms with van der Waals surface area (Å²) in [7, 11) is -0.718. The van der Waals surface area contributed by atoms with Gasteiger partial charge in [-0.05, 0) is 63.5 Å². The summed E-state index contributed by atoms with van der Waals surface area (Å²) in [6.07, 6.45) is 42.1. The average molecular weight is 603 g/mol. The van der Waals surface area contributed by atoms with Gasteiger partial charge in [0.25, 0.3) is 0 Å². The molecule has 1 aromatic heterocycles. The molecule has 0 saturated heterocycles. The van der Waals surface area contributed by atoms with Gasteiger partial charge in [-0.2, -0.15) is 15.4 Å². The predicted molar refractivity (Wildman–Crippen MR) is 194 cm³/mol. The number of aromatic amines is 1. The van der Waals surface area contributed by atoms with Gasteiger partial charge < -0.3 is 0 Å². The molecule has 0 fully saturated rings. The molecule has 42 heavy (non-hydrogen) atoms. The number of benzene rings is 1. The lowest BCUT2D eigenvalue weighted by Crippen LogP contribution is -2.13. The Balaban J connectivity index is 0.000000810. The second kappa shape index (κ2) is 28.8. The molecular formula is C38H73N3P+. The summed E-state index contributed by atoms with van der Waals surface area (Å²) in [4.78, 5) is 0. The number of para-hydroxylation sites is 2. The first kappa shape index (κ1) is 39.1. The summed E-state index contributed by atoms with van der Waals surface area (Å²) in [5.41, 5.74) is 1.83. The first-order chi connectivity index (χ1) is 20.7. The van der Waals surface area contributed by atoms with Crippen LogP contribution in [-0.2, 0) is 0 Å². The van der Waals surface area contributed by atoms with Crippen LogP contribution in [0.4, 0.5) is 0 Å². The van der Waals surface area contributed by atoms with Crippen molar-refractivity contribution in [2.45, 2.75) is 182 Å². The van der Waals surface area contributed by atoms with Crippen molar-refractivity contribution < 1.29 is 0 Å². The van der Waals surface area contributed by atoms with E-state index in [0.29, 0.717) is 0 Å². The summed E-state index contributed by atoms with van der Waals surface area (Å²) >= 11 is 0. The van der Waals surface area contributed by atoms with Gasteiger partial charge >= 0.3 is 0 Å². The first-order valence-corrected chi connectivity index (χ1v) is 21.3. The van der Waals surface area contributed by atoms with E-state index >= 15 is 0 Å². The van der Waals surface area contributed by atoms with Gasteiger partial charge in [-0.25, -0.2) is 0 Å². The summed E-state index contributed by atoms with van der Waals surface area (Å²) < 4.78 is 0. The molecule has 0 aliphatic heterocycles. The number of unbranched alkanes of at least 4 members (excludes halogenated alkanes) is 20. The van der Waals surface area contributed by atoms with Crippen LogP contribution in [0.5, 0.6) is 0 Å². The van der Waals surface area contributed by atoms with Crippen molar-refractivity contribution in [3.05, 3.63) is 24.3 Å². The molecule has 0 spiro atoms. The smallest absolute Gasteiger partial charge is 0.112 e. The molecule has 1 N–H and O–H groups in total. The van der Waals surface area contributed by atoms with Crippen LogP contribution in [0.25, 0.3) is 11.0 Å². The molecule has 4 heteroatoms. The highest BCUT2D eigenvalue weighted by atomic mass is 31.2. The average Bonchev–Trinajstić information content (AvgIpc) is 3.50. The standard InChI is InChI=1S/C32H68P.C6H5N3/c1-5-9-13-17-21-25-29-33(30-26-22-18-14-10-6-2,31-27-23-19-15-11-7-3)32-28-24-20-16-12-8-4;1-2-4-6-5(3-1)7-9-8-6/h5-32H2,1-4H3;1-4H,(H,7,8,9)/q+1;. The van der Waals surface area contributed by atoms with E-state index < -0.39 is 7.26 Å². The normalized spacial score (nSPS) is 11.6. The largest absolute Gasteiger partial charge is 0.197 e. The van der Waals surface area contributed by atoms with Crippen molar-refractivity contribution >= 4 is 18.3 Å². The molecule has 2 aromatic rings. The van der Waals surface area contributed by atoms with E-state index in [1.54, 1.807) is 50.3 Å². The fourth-order valence-corrected chi connectivity index (χ4v) is 11.3.